The number of hydrogen-bond donors (Lipinski definition) is 1. The summed E-state index contributed by atoms with van der Waals surface area (Å²) in [6.45, 7) is 0. The van der Waals surface area contributed by atoms with Crippen LogP contribution in [0.2, 0.25) is 0 Å². The molecule has 4 nitrogen and oxygen atoms in total. The van der Waals surface area contributed by atoms with Crippen LogP contribution in [0, 0.1) is 11.3 Å². The number of aromatic nitrogens is 1. The molecule has 0 bridgehead atoms. The number of hydrogen-bond acceptors (Lipinski definition) is 4. The molecule has 4 heteroatoms. The van der Waals surface area contributed by atoms with Crippen molar-refractivity contribution in [3.8, 4) is 6.07 Å². The van der Waals surface area contributed by atoms with Gasteiger partial charge in [-0.15, -0.1) is 0 Å². The van der Waals surface area contributed by atoms with Crippen molar-refractivity contribution in [3.63, 3.8) is 0 Å². The van der Waals surface area contributed by atoms with Gasteiger partial charge in [0.25, 0.3) is 0 Å². The van der Waals surface area contributed by atoms with Gasteiger partial charge in [0, 0.05) is 24.8 Å². The van der Waals surface area contributed by atoms with Crippen molar-refractivity contribution >= 4 is 5.82 Å². The summed E-state index contributed by atoms with van der Waals surface area (Å²) in [6, 6.07) is 5.19. The zero-order chi connectivity index (χ0) is 14.1. The molecule has 106 valence electrons. The first-order chi connectivity index (χ1) is 9.69. The molecule has 20 heavy (non-hydrogen) atoms. The van der Waals surface area contributed by atoms with Crippen LogP contribution in [0.5, 0.6) is 0 Å². The normalized spacial score (nSPS) is 25.1. The number of nitrogens with zero attached hydrogens (tertiary/aromatic N) is 3. The fourth-order valence-corrected chi connectivity index (χ4v) is 3.47. The van der Waals surface area contributed by atoms with Gasteiger partial charge in [0.15, 0.2) is 0 Å². The molecule has 2 aliphatic rings. The van der Waals surface area contributed by atoms with Gasteiger partial charge >= 0.3 is 0 Å². The van der Waals surface area contributed by atoms with E-state index in [1.54, 1.807) is 0 Å². The van der Waals surface area contributed by atoms with E-state index in [2.05, 4.69) is 24.1 Å². The summed E-state index contributed by atoms with van der Waals surface area (Å²) in [5.74, 6) is 0.869. The highest BCUT2D eigenvalue weighted by Gasteiger charge is 2.26. The van der Waals surface area contributed by atoms with Crippen LogP contribution in [0.25, 0.3) is 0 Å². The Bertz CT molecular complexity index is 538. The lowest BCUT2D eigenvalue weighted by Crippen LogP contribution is -2.39. The number of rotatable bonds is 2. The molecule has 1 aromatic rings. The molecule has 3 rings (SSSR count). The number of fused-ring (bicyclic) bond motifs is 1. The van der Waals surface area contributed by atoms with Gasteiger partial charge in [0.1, 0.15) is 11.9 Å². The Hall–Kier alpha value is -1.60. The minimum atomic E-state index is 0.350. The van der Waals surface area contributed by atoms with E-state index >= 15 is 0 Å². The second-order valence-corrected chi connectivity index (χ2v) is 6.11. The SMILES string of the molecule is CN(c1nc2c(cc1C#N)CCC2)C1CCC(N)CC1. The van der Waals surface area contributed by atoms with E-state index in [1.165, 1.54) is 17.7 Å². The third kappa shape index (κ3) is 2.38. The maximum Gasteiger partial charge on any atom is 0.146 e. The van der Waals surface area contributed by atoms with Crippen LogP contribution in [-0.4, -0.2) is 24.1 Å². The smallest absolute Gasteiger partial charge is 0.146 e. The zero-order valence-electron chi connectivity index (χ0n) is 12.1. The predicted molar refractivity (Wildman–Crippen MR) is 79.6 cm³/mol. The van der Waals surface area contributed by atoms with E-state index in [1.807, 2.05) is 0 Å². The molecular formula is C16H22N4. The van der Waals surface area contributed by atoms with Crippen LogP contribution in [0.4, 0.5) is 5.82 Å². The summed E-state index contributed by atoms with van der Waals surface area (Å²) in [5, 5.41) is 9.40. The van der Waals surface area contributed by atoms with E-state index in [0.717, 1.165) is 49.9 Å². The molecule has 1 fully saturated rings. The Labute approximate surface area is 120 Å². The Morgan fingerprint density at radius 1 is 1.30 bits per heavy atom. The highest BCUT2D eigenvalue weighted by molar-refractivity contribution is 5.57. The van der Waals surface area contributed by atoms with Gasteiger partial charge in [-0.2, -0.15) is 5.26 Å². The van der Waals surface area contributed by atoms with Crippen LogP contribution in [0.3, 0.4) is 0 Å². The quantitative estimate of drug-likeness (QED) is 0.894. The third-order valence-corrected chi connectivity index (χ3v) is 4.77. The molecule has 1 heterocycles. The summed E-state index contributed by atoms with van der Waals surface area (Å²) < 4.78 is 0. The highest BCUT2D eigenvalue weighted by atomic mass is 15.2. The Kier molecular flexibility index (Phi) is 3.62. The molecule has 0 amide bonds. The summed E-state index contributed by atoms with van der Waals surface area (Å²) in [6.07, 6.45) is 7.63. The first-order valence-corrected chi connectivity index (χ1v) is 7.60. The number of aryl methyl sites for hydroxylation is 2. The fourth-order valence-electron chi connectivity index (χ4n) is 3.47. The highest BCUT2D eigenvalue weighted by Crippen LogP contribution is 2.30. The molecule has 0 aromatic carbocycles. The average Bonchev–Trinajstić information content (AvgIpc) is 2.93. The number of anilines is 1. The summed E-state index contributed by atoms with van der Waals surface area (Å²) in [5.41, 5.74) is 9.17. The van der Waals surface area contributed by atoms with Crippen molar-refractivity contribution in [3.05, 3.63) is 22.9 Å². The Morgan fingerprint density at radius 3 is 2.75 bits per heavy atom. The molecule has 0 spiro atoms. The molecule has 2 N–H and O–H groups in total. The van der Waals surface area contributed by atoms with Gasteiger partial charge in [-0.05, 0) is 56.6 Å². The van der Waals surface area contributed by atoms with E-state index in [-0.39, 0.29) is 0 Å². The van der Waals surface area contributed by atoms with Gasteiger partial charge in [-0.25, -0.2) is 4.98 Å². The second kappa shape index (κ2) is 5.41. The molecule has 0 aliphatic heterocycles. The van der Waals surface area contributed by atoms with Crippen molar-refractivity contribution in [1.29, 1.82) is 5.26 Å². The minimum Gasteiger partial charge on any atom is -0.356 e. The monoisotopic (exact) mass is 270 g/mol. The van der Waals surface area contributed by atoms with Crippen LogP contribution >= 0.6 is 0 Å². The van der Waals surface area contributed by atoms with Crippen molar-refractivity contribution in [2.75, 3.05) is 11.9 Å². The standard InChI is InChI=1S/C16H22N4/c1-20(14-7-5-13(18)6-8-14)16-12(10-17)9-11-3-2-4-15(11)19-16/h9,13-14H,2-8,18H2,1H3. The lowest BCUT2D eigenvalue weighted by Gasteiger charge is -2.34. The topological polar surface area (TPSA) is 65.9 Å². The second-order valence-electron chi connectivity index (χ2n) is 6.11. The fraction of sp³-hybridized carbons (Fsp3) is 0.625. The molecule has 2 aliphatic carbocycles. The first kappa shape index (κ1) is 13.4. The number of pyridine rings is 1. The van der Waals surface area contributed by atoms with Crippen molar-refractivity contribution in [1.82, 2.24) is 4.98 Å². The summed E-state index contributed by atoms with van der Waals surface area (Å²) >= 11 is 0. The van der Waals surface area contributed by atoms with Gasteiger partial charge in [0.2, 0.25) is 0 Å². The van der Waals surface area contributed by atoms with Crippen molar-refractivity contribution < 1.29 is 0 Å². The predicted octanol–water partition coefficient (Wildman–Crippen LogP) is 2.15. The molecule has 1 aromatic heterocycles. The molecular weight excluding hydrogens is 248 g/mol. The van der Waals surface area contributed by atoms with Gasteiger partial charge < -0.3 is 10.6 Å². The summed E-state index contributed by atoms with van der Waals surface area (Å²) in [7, 11) is 2.08. The molecule has 0 saturated heterocycles. The lowest BCUT2D eigenvalue weighted by atomic mass is 9.91. The zero-order valence-corrected chi connectivity index (χ0v) is 12.1. The number of nitrogens with two attached hydrogens (primary N) is 1. The van der Waals surface area contributed by atoms with Crippen molar-refractivity contribution in [2.24, 2.45) is 5.73 Å². The van der Waals surface area contributed by atoms with Gasteiger partial charge in [0.05, 0.1) is 5.56 Å². The van der Waals surface area contributed by atoms with Crippen LogP contribution in [-0.2, 0) is 12.8 Å². The molecule has 1 saturated carbocycles. The first-order valence-electron chi connectivity index (χ1n) is 7.60. The van der Waals surface area contributed by atoms with E-state index in [4.69, 9.17) is 10.7 Å². The molecule has 0 atom stereocenters. The Morgan fingerprint density at radius 2 is 2.05 bits per heavy atom. The molecule has 0 unspecified atom stereocenters. The van der Waals surface area contributed by atoms with Crippen LogP contribution < -0.4 is 10.6 Å². The minimum absolute atomic E-state index is 0.350. The maximum atomic E-state index is 9.40. The van der Waals surface area contributed by atoms with Gasteiger partial charge in [-0.1, -0.05) is 0 Å². The van der Waals surface area contributed by atoms with Crippen LogP contribution in [0.1, 0.15) is 48.9 Å². The summed E-state index contributed by atoms with van der Waals surface area (Å²) in [4.78, 5) is 7.00. The largest absolute Gasteiger partial charge is 0.356 e. The van der Waals surface area contributed by atoms with E-state index < -0.39 is 0 Å². The number of nitriles is 1. The average molecular weight is 270 g/mol. The van der Waals surface area contributed by atoms with E-state index in [0.29, 0.717) is 12.1 Å². The van der Waals surface area contributed by atoms with E-state index in [9.17, 15) is 5.26 Å². The van der Waals surface area contributed by atoms with Gasteiger partial charge in [-0.3, -0.25) is 0 Å². The Balaban J connectivity index is 1.87. The van der Waals surface area contributed by atoms with Crippen molar-refractivity contribution in [2.45, 2.75) is 57.0 Å². The van der Waals surface area contributed by atoms with Crippen LogP contribution in [0.15, 0.2) is 6.07 Å². The maximum absolute atomic E-state index is 9.40. The third-order valence-electron chi connectivity index (χ3n) is 4.77. The molecule has 0 radical (unpaired) electrons. The lowest BCUT2D eigenvalue weighted by molar-refractivity contribution is 0.383.